The molecule has 0 amide bonds. The van der Waals surface area contributed by atoms with Crippen LogP contribution in [0.3, 0.4) is 0 Å². The fourth-order valence-electron chi connectivity index (χ4n) is 3.75. The topological polar surface area (TPSA) is 67.0 Å². The molecule has 0 radical (unpaired) electrons. The van der Waals surface area contributed by atoms with E-state index in [1.807, 2.05) is 29.9 Å². The summed E-state index contributed by atoms with van der Waals surface area (Å²) >= 11 is 0. The molecule has 0 spiro atoms. The summed E-state index contributed by atoms with van der Waals surface area (Å²) in [5.74, 6) is -0.197. The maximum Gasteiger partial charge on any atom is 0.141 e. The van der Waals surface area contributed by atoms with E-state index in [9.17, 15) is 4.39 Å². The van der Waals surface area contributed by atoms with Crippen molar-refractivity contribution in [1.82, 2.24) is 20.1 Å². The van der Waals surface area contributed by atoms with Gasteiger partial charge in [-0.1, -0.05) is 17.4 Å². The second kappa shape index (κ2) is 7.36. The molecular formula is C19H25FN6O. The third kappa shape index (κ3) is 3.86. The van der Waals surface area contributed by atoms with Crippen LogP contribution in [0.2, 0.25) is 0 Å². The first-order valence-electron chi connectivity index (χ1n) is 9.27. The average Bonchev–Trinajstić information content (AvgIpc) is 3.36. The first kappa shape index (κ1) is 18.1. The fraction of sp³-hybridized carbons (Fsp3) is 0.526. The molecule has 2 aliphatic rings. The van der Waals surface area contributed by atoms with E-state index in [1.165, 1.54) is 12.1 Å². The molecule has 1 fully saturated rings. The lowest BCUT2D eigenvalue weighted by Crippen LogP contribution is -2.46. The van der Waals surface area contributed by atoms with Crippen molar-refractivity contribution in [1.29, 1.82) is 0 Å². The summed E-state index contributed by atoms with van der Waals surface area (Å²) in [6.07, 6.45) is 2.94. The van der Waals surface area contributed by atoms with E-state index in [-0.39, 0.29) is 18.0 Å². The monoisotopic (exact) mass is 372 g/mol. The number of aryl methyl sites for hydroxylation is 1. The van der Waals surface area contributed by atoms with Crippen LogP contribution >= 0.6 is 0 Å². The van der Waals surface area contributed by atoms with Crippen LogP contribution in [0, 0.1) is 5.82 Å². The van der Waals surface area contributed by atoms with Gasteiger partial charge in [-0.3, -0.25) is 15.0 Å². The lowest BCUT2D eigenvalue weighted by Gasteiger charge is -2.29. The standard InChI is InChI=1S/C19H25FN6O/c1-19(18(22-24-23-19)17-7-9-21-25(17)2)13-27-16-8-10-26(12-16)11-14-3-5-15(20)6-4-14/h3-7,9,16,18H,8,10-13H2,1-2H3,(H,22,23)/t16-,18?,19?/m0/s1. The van der Waals surface area contributed by atoms with Crippen LogP contribution in [0.5, 0.6) is 0 Å². The number of rotatable bonds is 6. The number of hydrogen-bond donors (Lipinski definition) is 1. The van der Waals surface area contributed by atoms with Gasteiger partial charge in [-0.25, -0.2) is 4.39 Å². The summed E-state index contributed by atoms with van der Waals surface area (Å²) < 4.78 is 21.1. The molecule has 2 aliphatic heterocycles. The summed E-state index contributed by atoms with van der Waals surface area (Å²) in [6, 6.07) is 8.55. The average molecular weight is 372 g/mol. The number of hydrogen-bond acceptors (Lipinski definition) is 6. The van der Waals surface area contributed by atoms with Crippen molar-refractivity contribution >= 4 is 0 Å². The quantitative estimate of drug-likeness (QED) is 0.846. The Morgan fingerprint density at radius 1 is 1.30 bits per heavy atom. The van der Waals surface area contributed by atoms with Crippen LogP contribution in [0.25, 0.3) is 0 Å². The highest BCUT2D eigenvalue weighted by Gasteiger charge is 2.42. The molecule has 0 bridgehead atoms. The molecular weight excluding hydrogens is 347 g/mol. The summed E-state index contributed by atoms with van der Waals surface area (Å²) in [5.41, 5.74) is 4.87. The summed E-state index contributed by atoms with van der Waals surface area (Å²) in [6.45, 7) is 5.27. The molecule has 4 rings (SSSR count). The van der Waals surface area contributed by atoms with E-state index < -0.39 is 5.54 Å². The zero-order valence-electron chi connectivity index (χ0n) is 15.7. The lowest BCUT2D eigenvalue weighted by atomic mass is 9.92. The van der Waals surface area contributed by atoms with Gasteiger partial charge in [0.1, 0.15) is 17.4 Å². The Bertz CT molecular complexity index is 807. The maximum absolute atomic E-state index is 13.0. The minimum absolute atomic E-state index is 0.123. The highest BCUT2D eigenvalue weighted by molar-refractivity contribution is 5.17. The Morgan fingerprint density at radius 2 is 2.11 bits per heavy atom. The third-order valence-electron chi connectivity index (χ3n) is 5.39. The van der Waals surface area contributed by atoms with Crippen LogP contribution in [-0.4, -0.2) is 46.0 Å². The zero-order chi connectivity index (χ0) is 18.9. The second-order valence-corrected chi connectivity index (χ2v) is 7.61. The molecule has 0 aliphatic carbocycles. The predicted molar refractivity (Wildman–Crippen MR) is 98.4 cm³/mol. The molecule has 7 nitrogen and oxygen atoms in total. The molecule has 1 aromatic carbocycles. The summed E-state index contributed by atoms with van der Waals surface area (Å²) in [4.78, 5) is 2.34. The van der Waals surface area contributed by atoms with Gasteiger partial charge in [0.2, 0.25) is 0 Å². The zero-order valence-corrected chi connectivity index (χ0v) is 15.7. The number of nitrogens with zero attached hydrogens (tertiary/aromatic N) is 5. The first-order chi connectivity index (χ1) is 13.0. The second-order valence-electron chi connectivity index (χ2n) is 7.61. The summed E-state index contributed by atoms with van der Waals surface area (Å²) in [5, 5.41) is 12.6. The Kier molecular flexibility index (Phi) is 4.92. The SMILES string of the molecule is Cn1nccc1C1N=NNC1(C)CO[C@H]1CCN(Cc2ccc(F)cc2)C1. The third-order valence-corrected chi connectivity index (χ3v) is 5.39. The van der Waals surface area contributed by atoms with Crippen molar-refractivity contribution in [3.63, 3.8) is 0 Å². The molecule has 1 saturated heterocycles. The van der Waals surface area contributed by atoms with Gasteiger partial charge in [0.15, 0.2) is 0 Å². The normalized spacial score (nSPS) is 28.0. The van der Waals surface area contributed by atoms with Gasteiger partial charge in [0.25, 0.3) is 0 Å². The van der Waals surface area contributed by atoms with Gasteiger partial charge in [-0.2, -0.15) is 10.2 Å². The molecule has 2 unspecified atom stereocenters. The molecule has 1 N–H and O–H groups in total. The van der Waals surface area contributed by atoms with Crippen LogP contribution < -0.4 is 5.43 Å². The molecule has 3 atom stereocenters. The number of aromatic nitrogens is 2. The van der Waals surface area contributed by atoms with Gasteiger partial charge in [0, 0.05) is 32.9 Å². The summed E-state index contributed by atoms with van der Waals surface area (Å²) in [7, 11) is 1.91. The van der Waals surface area contributed by atoms with E-state index in [0.717, 1.165) is 37.3 Å². The Hall–Kier alpha value is -2.32. The van der Waals surface area contributed by atoms with Crippen molar-refractivity contribution in [3.05, 3.63) is 53.6 Å². The minimum Gasteiger partial charge on any atom is -0.374 e. The Labute approximate surface area is 158 Å². The molecule has 1 aromatic heterocycles. The Morgan fingerprint density at radius 3 is 2.85 bits per heavy atom. The van der Waals surface area contributed by atoms with Gasteiger partial charge in [-0.05, 0) is 37.1 Å². The van der Waals surface area contributed by atoms with Crippen LogP contribution in [0.4, 0.5) is 4.39 Å². The van der Waals surface area contributed by atoms with E-state index >= 15 is 0 Å². The molecule has 3 heterocycles. The van der Waals surface area contributed by atoms with Crippen LogP contribution in [0.1, 0.15) is 30.6 Å². The van der Waals surface area contributed by atoms with Crippen LogP contribution in [0.15, 0.2) is 46.9 Å². The predicted octanol–water partition coefficient (Wildman–Crippen LogP) is 2.62. The highest BCUT2D eigenvalue weighted by atomic mass is 19.1. The molecule has 27 heavy (non-hydrogen) atoms. The van der Waals surface area contributed by atoms with E-state index in [2.05, 4.69) is 32.7 Å². The number of likely N-dealkylation sites (tertiary alicyclic amines) is 1. The van der Waals surface area contributed by atoms with Crippen molar-refractivity contribution in [3.8, 4) is 0 Å². The minimum atomic E-state index is -0.391. The van der Waals surface area contributed by atoms with Gasteiger partial charge < -0.3 is 4.74 Å². The van der Waals surface area contributed by atoms with Crippen molar-refractivity contribution in [2.75, 3.05) is 19.7 Å². The number of nitrogens with one attached hydrogen (secondary N) is 1. The van der Waals surface area contributed by atoms with E-state index in [4.69, 9.17) is 4.74 Å². The van der Waals surface area contributed by atoms with Crippen molar-refractivity contribution in [2.24, 2.45) is 17.4 Å². The van der Waals surface area contributed by atoms with Crippen molar-refractivity contribution in [2.45, 2.75) is 37.6 Å². The number of halogens is 1. The smallest absolute Gasteiger partial charge is 0.141 e. The molecule has 144 valence electrons. The number of ether oxygens (including phenoxy) is 1. The lowest BCUT2D eigenvalue weighted by molar-refractivity contribution is 0.0165. The fourth-order valence-corrected chi connectivity index (χ4v) is 3.75. The largest absolute Gasteiger partial charge is 0.374 e. The van der Waals surface area contributed by atoms with Crippen molar-refractivity contribution < 1.29 is 9.13 Å². The molecule has 8 heteroatoms. The van der Waals surface area contributed by atoms with E-state index in [1.54, 1.807) is 6.20 Å². The van der Waals surface area contributed by atoms with Gasteiger partial charge in [-0.15, -0.1) is 0 Å². The van der Waals surface area contributed by atoms with E-state index in [0.29, 0.717) is 6.61 Å². The van der Waals surface area contributed by atoms with Crippen LogP contribution in [-0.2, 0) is 18.3 Å². The molecule has 0 saturated carbocycles. The number of benzene rings is 1. The first-order valence-corrected chi connectivity index (χ1v) is 9.27. The molecule has 2 aromatic rings. The van der Waals surface area contributed by atoms with Gasteiger partial charge >= 0.3 is 0 Å². The Balaban J connectivity index is 1.31. The highest BCUT2D eigenvalue weighted by Crippen LogP contribution is 2.34. The maximum atomic E-state index is 13.0. The van der Waals surface area contributed by atoms with Gasteiger partial charge in [0.05, 0.1) is 18.4 Å².